The maximum absolute atomic E-state index is 12.9. The Balaban J connectivity index is 1.84. The van der Waals surface area contributed by atoms with E-state index in [9.17, 15) is 14.0 Å². The molecule has 25 heavy (non-hydrogen) atoms. The molecule has 0 aliphatic rings. The molecule has 2 aromatic rings. The molecule has 4 nitrogen and oxygen atoms in total. The third-order valence-electron chi connectivity index (χ3n) is 4.06. The molecular weight excluding hydrogens is 319 g/mol. The van der Waals surface area contributed by atoms with E-state index >= 15 is 0 Å². The van der Waals surface area contributed by atoms with Crippen molar-refractivity contribution in [3.63, 3.8) is 0 Å². The molecule has 0 spiro atoms. The molecule has 1 N–H and O–H groups in total. The van der Waals surface area contributed by atoms with Crippen LogP contribution in [0.3, 0.4) is 0 Å². The Morgan fingerprint density at radius 2 is 1.72 bits per heavy atom. The summed E-state index contributed by atoms with van der Waals surface area (Å²) >= 11 is 0. The van der Waals surface area contributed by atoms with Gasteiger partial charge in [-0.2, -0.15) is 0 Å². The standard InChI is InChI=1S/C20H23FN2O2/c1-15-5-3-4-6-19(15)22-20(25)12-14-23(16(2)24)13-11-17-7-9-18(21)10-8-17/h3-10H,11-14H2,1-2H3,(H,22,25). The average molecular weight is 342 g/mol. The molecule has 2 amide bonds. The number of amides is 2. The number of halogens is 1. The van der Waals surface area contributed by atoms with E-state index in [-0.39, 0.29) is 24.1 Å². The molecule has 2 aromatic carbocycles. The Kier molecular flexibility index (Phi) is 6.69. The highest BCUT2D eigenvalue weighted by atomic mass is 19.1. The van der Waals surface area contributed by atoms with E-state index in [0.29, 0.717) is 19.5 Å². The van der Waals surface area contributed by atoms with Crippen LogP contribution in [0.15, 0.2) is 48.5 Å². The van der Waals surface area contributed by atoms with Crippen LogP contribution >= 0.6 is 0 Å². The Bertz CT molecular complexity index is 729. The Morgan fingerprint density at radius 1 is 1.04 bits per heavy atom. The van der Waals surface area contributed by atoms with Crippen molar-refractivity contribution in [2.75, 3.05) is 18.4 Å². The molecule has 5 heteroatoms. The van der Waals surface area contributed by atoms with E-state index in [4.69, 9.17) is 0 Å². The molecule has 0 unspecified atom stereocenters. The summed E-state index contributed by atoms with van der Waals surface area (Å²) in [5, 5.41) is 2.87. The second-order valence-electron chi connectivity index (χ2n) is 6.00. The van der Waals surface area contributed by atoms with Crippen molar-refractivity contribution >= 4 is 17.5 Å². The lowest BCUT2D eigenvalue weighted by atomic mass is 10.1. The number of rotatable bonds is 7. The minimum Gasteiger partial charge on any atom is -0.342 e. The fraction of sp³-hybridized carbons (Fsp3) is 0.300. The Morgan fingerprint density at radius 3 is 2.36 bits per heavy atom. The maximum atomic E-state index is 12.9. The molecule has 132 valence electrons. The van der Waals surface area contributed by atoms with Gasteiger partial charge in [-0.3, -0.25) is 9.59 Å². The van der Waals surface area contributed by atoms with Crippen LogP contribution in [0, 0.1) is 12.7 Å². The third-order valence-corrected chi connectivity index (χ3v) is 4.06. The van der Waals surface area contributed by atoms with Crippen LogP contribution in [0.1, 0.15) is 24.5 Å². The van der Waals surface area contributed by atoms with Crippen LogP contribution in [-0.4, -0.2) is 29.8 Å². The van der Waals surface area contributed by atoms with E-state index in [2.05, 4.69) is 5.32 Å². The second-order valence-corrected chi connectivity index (χ2v) is 6.00. The van der Waals surface area contributed by atoms with Crippen molar-refractivity contribution in [1.29, 1.82) is 0 Å². The number of para-hydroxylation sites is 1. The Labute approximate surface area is 147 Å². The number of hydrogen-bond acceptors (Lipinski definition) is 2. The van der Waals surface area contributed by atoms with Gasteiger partial charge in [-0.25, -0.2) is 4.39 Å². The Hall–Kier alpha value is -2.69. The first kappa shape index (κ1) is 18.6. The number of benzene rings is 2. The zero-order valence-electron chi connectivity index (χ0n) is 14.6. The van der Waals surface area contributed by atoms with Gasteiger partial charge in [-0.15, -0.1) is 0 Å². The van der Waals surface area contributed by atoms with Gasteiger partial charge in [0, 0.05) is 32.1 Å². The van der Waals surface area contributed by atoms with E-state index in [1.807, 2.05) is 31.2 Å². The summed E-state index contributed by atoms with van der Waals surface area (Å²) in [6.45, 7) is 4.27. The minimum absolute atomic E-state index is 0.0780. The molecule has 0 fully saturated rings. The van der Waals surface area contributed by atoms with Crippen LogP contribution in [-0.2, 0) is 16.0 Å². The summed E-state index contributed by atoms with van der Waals surface area (Å²) in [5.74, 6) is -0.479. The summed E-state index contributed by atoms with van der Waals surface area (Å²) < 4.78 is 12.9. The topological polar surface area (TPSA) is 49.4 Å². The van der Waals surface area contributed by atoms with Gasteiger partial charge in [0.25, 0.3) is 0 Å². The fourth-order valence-corrected chi connectivity index (χ4v) is 2.50. The monoisotopic (exact) mass is 342 g/mol. The lowest BCUT2D eigenvalue weighted by molar-refractivity contribution is -0.129. The quantitative estimate of drug-likeness (QED) is 0.836. The number of aryl methyl sites for hydroxylation is 1. The predicted molar refractivity (Wildman–Crippen MR) is 96.8 cm³/mol. The lowest BCUT2D eigenvalue weighted by Crippen LogP contribution is -2.33. The number of nitrogens with zero attached hydrogens (tertiary/aromatic N) is 1. The molecule has 0 atom stereocenters. The second kappa shape index (κ2) is 8.97. The number of carbonyl (C=O) groups is 2. The van der Waals surface area contributed by atoms with Gasteiger partial charge in [0.05, 0.1) is 0 Å². The molecule has 0 aromatic heterocycles. The fourth-order valence-electron chi connectivity index (χ4n) is 2.50. The highest BCUT2D eigenvalue weighted by Crippen LogP contribution is 2.13. The van der Waals surface area contributed by atoms with E-state index in [1.165, 1.54) is 19.1 Å². The van der Waals surface area contributed by atoms with Crippen molar-refractivity contribution in [1.82, 2.24) is 4.90 Å². The van der Waals surface area contributed by atoms with Gasteiger partial charge >= 0.3 is 0 Å². The number of hydrogen-bond donors (Lipinski definition) is 1. The van der Waals surface area contributed by atoms with Crippen LogP contribution < -0.4 is 5.32 Å². The first-order chi connectivity index (χ1) is 12.0. The summed E-state index contributed by atoms with van der Waals surface area (Å²) in [5.41, 5.74) is 2.74. The van der Waals surface area contributed by atoms with Crippen LogP contribution in [0.2, 0.25) is 0 Å². The van der Waals surface area contributed by atoms with Crippen LogP contribution in [0.5, 0.6) is 0 Å². The molecule has 0 saturated heterocycles. The molecule has 2 rings (SSSR count). The normalized spacial score (nSPS) is 10.4. The molecule has 0 aliphatic heterocycles. The average Bonchev–Trinajstić information content (AvgIpc) is 2.58. The minimum atomic E-state index is -0.278. The van der Waals surface area contributed by atoms with Crippen molar-refractivity contribution in [2.24, 2.45) is 0 Å². The molecule has 0 saturated carbocycles. The molecule has 0 radical (unpaired) electrons. The van der Waals surface area contributed by atoms with Crippen molar-refractivity contribution in [3.8, 4) is 0 Å². The van der Waals surface area contributed by atoms with Gasteiger partial charge in [-0.05, 0) is 42.7 Å². The van der Waals surface area contributed by atoms with Gasteiger partial charge in [0.15, 0.2) is 0 Å². The van der Waals surface area contributed by atoms with Gasteiger partial charge in [0.2, 0.25) is 11.8 Å². The molecule has 0 aliphatic carbocycles. The lowest BCUT2D eigenvalue weighted by Gasteiger charge is -2.21. The summed E-state index contributed by atoms with van der Waals surface area (Å²) in [7, 11) is 0. The van der Waals surface area contributed by atoms with Crippen molar-refractivity contribution in [3.05, 3.63) is 65.5 Å². The number of anilines is 1. The van der Waals surface area contributed by atoms with Gasteiger partial charge in [-0.1, -0.05) is 30.3 Å². The predicted octanol–water partition coefficient (Wildman–Crippen LogP) is 3.55. The SMILES string of the molecule is CC(=O)N(CCC(=O)Nc1ccccc1C)CCc1ccc(F)cc1. The zero-order chi connectivity index (χ0) is 18.2. The highest BCUT2D eigenvalue weighted by Gasteiger charge is 2.12. The van der Waals surface area contributed by atoms with Gasteiger partial charge < -0.3 is 10.2 Å². The van der Waals surface area contributed by atoms with E-state index < -0.39 is 0 Å². The summed E-state index contributed by atoms with van der Waals surface area (Å²) in [6, 6.07) is 13.8. The molecule has 0 bridgehead atoms. The van der Waals surface area contributed by atoms with Crippen molar-refractivity contribution < 1.29 is 14.0 Å². The largest absolute Gasteiger partial charge is 0.342 e. The molecular formula is C20H23FN2O2. The zero-order valence-corrected chi connectivity index (χ0v) is 14.6. The number of nitrogens with one attached hydrogen (secondary N) is 1. The highest BCUT2D eigenvalue weighted by molar-refractivity contribution is 5.91. The van der Waals surface area contributed by atoms with Gasteiger partial charge in [0.1, 0.15) is 5.82 Å². The molecule has 0 heterocycles. The van der Waals surface area contributed by atoms with Crippen LogP contribution in [0.4, 0.5) is 10.1 Å². The van der Waals surface area contributed by atoms with E-state index in [1.54, 1.807) is 17.0 Å². The summed E-state index contributed by atoms with van der Waals surface area (Å²) in [6.07, 6.45) is 0.858. The maximum Gasteiger partial charge on any atom is 0.226 e. The number of carbonyl (C=O) groups excluding carboxylic acids is 2. The summed E-state index contributed by atoms with van der Waals surface area (Å²) in [4.78, 5) is 25.5. The first-order valence-corrected chi connectivity index (χ1v) is 8.31. The van der Waals surface area contributed by atoms with E-state index in [0.717, 1.165) is 16.8 Å². The first-order valence-electron chi connectivity index (χ1n) is 8.31. The van der Waals surface area contributed by atoms with Crippen LogP contribution in [0.25, 0.3) is 0 Å². The smallest absolute Gasteiger partial charge is 0.226 e. The third kappa shape index (κ3) is 6.03. The van der Waals surface area contributed by atoms with Crippen molar-refractivity contribution in [2.45, 2.75) is 26.7 Å².